The van der Waals surface area contributed by atoms with Crippen LogP contribution < -0.4 is 10.5 Å². The molecule has 1 heterocycles. The first-order chi connectivity index (χ1) is 9.42. The molecule has 20 heavy (non-hydrogen) atoms. The van der Waals surface area contributed by atoms with Crippen molar-refractivity contribution in [1.29, 1.82) is 0 Å². The second kappa shape index (κ2) is 6.53. The zero-order chi connectivity index (χ0) is 14.8. The van der Waals surface area contributed by atoms with E-state index < -0.39 is 10.0 Å². The number of nitrogens with one attached hydrogen (secondary N) is 1. The minimum Gasteiger partial charge on any atom is -0.378 e. The Balaban J connectivity index is 2.17. The van der Waals surface area contributed by atoms with Crippen molar-refractivity contribution in [3.63, 3.8) is 0 Å². The Kier molecular flexibility index (Phi) is 5.19. The molecule has 0 spiro atoms. The van der Waals surface area contributed by atoms with Crippen LogP contribution in [0, 0.1) is 0 Å². The molecule has 112 valence electrons. The summed E-state index contributed by atoms with van der Waals surface area (Å²) in [4.78, 5) is 0.244. The lowest BCUT2D eigenvalue weighted by Gasteiger charge is -2.27. The number of hydrogen-bond donors (Lipinski definition) is 2. The van der Waals surface area contributed by atoms with Gasteiger partial charge in [0.05, 0.1) is 11.0 Å². The van der Waals surface area contributed by atoms with Crippen LogP contribution in [0.5, 0.6) is 0 Å². The smallest absolute Gasteiger partial charge is 0.241 e. The van der Waals surface area contributed by atoms with E-state index in [1.54, 1.807) is 18.2 Å². The molecular weight excluding hydrogens is 344 g/mol. The van der Waals surface area contributed by atoms with Crippen LogP contribution >= 0.6 is 15.9 Å². The predicted molar refractivity (Wildman–Crippen MR) is 80.8 cm³/mol. The van der Waals surface area contributed by atoms with Gasteiger partial charge in [-0.25, -0.2) is 13.1 Å². The van der Waals surface area contributed by atoms with Crippen LogP contribution in [0.4, 0.5) is 0 Å². The predicted octanol–water partition coefficient (Wildman–Crippen LogP) is 1.75. The number of halogens is 1. The fourth-order valence-corrected chi connectivity index (χ4v) is 4.69. The second-order valence-electron chi connectivity index (χ2n) is 4.99. The summed E-state index contributed by atoms with van der Waals surface area (Å²) in [5, 5.41) is 0. The van der Waals surface area contributed by atoms with Crippen molar-refractivity contribution in [2.45, 2.75) is 43.4 Å². The highest BCUT2D eigenvalue weighted by molar-refractivity contribution is 9.10. The highest BCUT2D eigenvalue weighted by Crippen LogP contribution is 2.24. The molecule has 2 atom stereocenters. The molecule has 0 saturated carbocycles. The van der Waals surface area contributed by atoms with E-state index in [2.05, 4.69) is 20.7 Å². The summed E-state index contributed by atoms with van der Waals surface area (Å²) >= 11 is 3.30. The van der Waals surface area contributed by atoms with E-state index >= 15 is 0 Å². The zero-order valence-electron chi connectivity index (χ0n) is 11.3. The van der Waals surface area contributed by atoms with Gasteiger partial charge >= 0.3 is 0 Å². The number of ether oxygens (including phenoxy) is 1. The van der Waals surface area contributed by atoms with Crippen molar-refractivity contribution in [1.82, 2.24) is 4.72 Å². The van der Waals surface area contributed by atoms with Crippen molar-refractivity contribution in [2.24, 2.45) is 5.73 Å². The van der Waals surface area contributed by atoms with E-state index in [1.807, 2.05) is 6.92 Å². The van der Waals surface area contributed by atoms with Gasteiger partial charge in [-0.1, -0.05) is 6.07 Å². The van der Waals surface area contributed by atoms with E-state index in [-0.39, 0.29) is 17.0 Å². The molecule has 1 aliphatic rings. The van der Waals surface area contributed by atoms with Gasteiger partial charge in [-0.15, -0.1) is 0 Å². The third-order valence-electron chi connectivity index (χ3n) is 3.33. The largest absolute Gasteiger partial charge is 0.378 e. The number of rotatable bonds is 4. The summed E-state index contributed by atoms with van der Waals surface area (Å²) in [7, 11) is -3.53. The fraction of sp³-hybridized carbons (Fsp3) is 0.538. The van der Waals surface area contributed by atoms with Crippen LogP contribution in [-0.4, -0.2) is 27.2 Å². The second-order valence-corrected chi connectivity index (χ2v) is 7.53. The van der Waals surface area contributed by atoms with E-state index in [4.69, 9.17) is 10.5 Å². The lowest BCUT2D eigenvalue weighted by Crippen LogP contribution is -2.41. The van der Waals surface area contributed by atoms with E-state index in [1.165, 1.54) is 0 Å². The third-order valence-corrected chi connectivity index (χ3v) is 5.83. The van der Waals surface area contributed by atoms with Gasteiger partial charge in [-0.05, 0) is 53.4 Å². The molecule has 1 saturated heterocycles. The maximum absolute atomic E-state index is 12.4. The summed E-state index contributed by atoms with van der Waals surface area (Å²) in [6.07, 6.45) is 1.47. The average Bonchev–Trinajstić information content (AvgIpc) is 2.37. The molecule has 0 aromatic heterocycles. The molecule has 1 aromatic rings. The third kappa shape index (κ3) is 3.79. The number of benzene rings is 1. The molecule has 3 N–H and O–H groups in total. The molecule has 0 radical (unpaired) electrons. The zero-order valence-corrected chi connectivity index (χ0v) is 13.7. The maximum atomic E-state index is 12.4. The van der Waals surface area contributed by atoms with Gasteiger partial charge in [-0.3, -0.25) is 0 Å². The Morgan fingerprint density at radius 1 is 1.50 bits per heavy atom. The van der Waals surface area contributed by atoms with E-state index in [0.29, 0.717) is 30.5 Å². The highest BCUT2D eigenvalue weighted by atomic mass is 79.9. The SMILES string of the molecule is CC1CC(NS(=O)(=O)c2ccc(CN)cc2Br)CCO1. The minimum absolute atomic E-state index is 0.0789. The molecule has 2 unspecified atom stereocenters. The Bertz CT molecular complexity index is 577. The lowest BCUT2D eigenvalue weighted by atomic mass is 10.1. The normalized spacial score (nSPS) is 23.8. The van der Waals surface area contributed by atoms with Gasteiger partial charge in [0, 0.05) is 23.7 Å². The molecule has 0 amide bonds. The van der Waals surface area contributed by atoms with Gasteiger partial charge in [-0.2, -0.15) is 0 Å². The van der Waals surface area contributed by atoms with E-state index in [9.17, 15) is 8.42 Å². The molecule has 5 nitrogen and oxygen atoms in total. The van der Waals surface area contributed by atoms with Gasteiger partial charge in [0.15, 0.2) is 0 Å². The van der Waals surface area contributed by atoms with Crippen LogP contribution in [0.1, 0.15) is 25.3 Å². The standard InChI is InChI=1S/C13H19BrN2O3S/c1-9-6-11(4-5-19-9)16-20(17,18)13-3-2-10(8-15)7-12(13)14/h2-3,7,9,11,16H,4-6,8,15H2,1H3. The molecule has 2 rings (SSSR count). The molecule has 7 heteroatoms. The maximum Gasteiger partial charge on any atom is 0.241 e. The van der Waals surface area contributed by atoms with Crippen molar-refractivity contribution < 1.29 is 13.2 Å². The first kappa shape index (κ1) is 15.9. The number of sulfonamides is 1. The van der Waals surface area contributed by atoms with Crippen LogP contribution in [0.25, 0.3) is 0 Å². The van der Waals surface area contributed by atoms with Crippen molar-refractivity contribution in [2.75, 3.05) is 6.61 Å². The van der Waals surface area contributed by atoms with Crippen molar-refractivity contribution >= 4 is 26.0 Å². The number of nitrogens with two attached hydrogens (primary N) is 1. The van der Waals surface area contributed by atoms with Gasteiger partial charge in [0.2, 0.25) is 10.0 Å². The van der Waals surface area contributed by atoms with Gasteiger partial charge < -0.3 is 10.5 Å². The average molecular weight is 363 g/mol. The van der Waals surface area contributed by atoms with Crippen LogP contribution in [0.2, 0.25) is 0 Å². The Hall–Kier alpha value is -0.470. The summed E-state index contributed by atoms with van der Waals surface area (Å²) in [6, 6.07) is 4.97. The quantitative estimate of drug-likeness (QED) is 0.854. The van der Waals surface area contributed by atoms with E-state index in [0.717, 1.165) is 5.56 Å². The number of hydrogen-bond acceptors (Lipinski definition) is 4. The molecule has 1 fully saturated rings. The van der Waals surface area contributed by atoms with Crippen molar-refractivity contribution in [3.05, 3.63) is 28.2 Å². The Morgan fingerprint density at radius 2 is 2.25 bits per heavy atom. The van der Waals surface area contributed by atoms with Crippen molar-refractivity contribution in [3.8, 4) is 0 Å². The molecule has 1 aliphatic heterocycles. The Morgan fingerprint density at radius 3 is 2.85 bits per heavy atom. The Labute approximate surface area is 128 Å². The lowest BCUT2D eigenvalue weighted by molar-refractivity contribution is 0.0173. The molecular formula is C13H19BrN2O3S. The topological polar surface area (TPSA) is 81.4 Å². The van der Waals surface area contributed by atoms with Crippen LogP contribution in [-0.2, 0) is 21.3 Å². The molecule has 0 aliphatic carbocycles. The summed E-state index contributed by atoms with van der Waals surface area (Å²) in [5.41, 5.74) is 6.43. The molecule has 0 bridgehead atoms. The van der Waals surface area contributed by atoms with Crippen LogP contribution in [0.3, 0.4) is 0 Å². The summed E-state index contributed by atoms with van der Waals surface area (Å²) in [5.74, 6) is 0. The summed E-state index contributed by atoms with van der Waals surface area (Å²) in [6.45, 7) is 2.91. The summed E-state index contributed by atoms with van der Waals surface area (Å²) < 4.78 is 33.5. The fourth-order valence-electron chi connectivity index (χ4n) is 2.28. The highest BCUT2D eigenvalue weighted by Gasteiger charge is 2.26. The minimum atomic E-state index is -3.53. The molecule has 1 aromatic carbocycles. The monoisotopic (exact) mass is 362 g/mol. The van der Waals surface area contributed by atoms with Gasteiger partial charge in [0.1, 0.15) is 0 Å². The first-order valence-electron chi connectivity index (χ1n) is 6.55. The van der Waals surface area contributed by atoms with Gasteiger partial charge in [0.25, 0.3) is 0 Å². The van der Waals surface area contributed by atoms with Crippen LogP contribution in [0.15, 0.2) is 27.6 Å². The first-order valence-corrected chi connectivity index (χ1v) is 8.82.